The zero-order valence-corrected chi connectivity index (χ0v) is 21.4. The van der Waals surface area contributed by atoms with E-state index in [-0.39, 0.29) is 29.3 Å². The molecular formula is C26H27ClN2O6S. The maximum atomic E-state index is 13.7. The molecular weight excluding hydrogens is 504 g/mol. The number of imide groups is 1. The number of carbonyl (C=O) groups excluding carboxylic acids is 3. The van der Waals surface area contributed by atoms with Gasteiger partial charge in [-0.2, -0.15) is 4.31 Å². The molecule has 2 aliphatic rings. The minimum Gasteiger partial charge on any atom is -0.427 e. The predicted molar refractivity (Wildman–Crippen MR) is 135 cm³/mol. The molecule has 2 aromatic rings. The summed E-state index contributed by atoms with van der Waals surface area (Å²) in [6.07, 6.45) is 6.36. The van der Waals surface area contributed by atoms with E-state index in [4.69, 9.17) is 16.3 Å². The summed E-state index contributed by atoms with van der Waals surface area (Å²) in [4.78, 5) is 38.6. The predicted octanol–water partition coefficient (Wildman–Crippen LogP) is 4.48. The van der Waals surface area contributed by atoms with Gasteiger partial charge in [-0.15, -0.1) is 0 Å². The third-order valence-corrected chi connectivity index (χ3v) is 8.46. The van der Waals surface area contributed by atoms with Crippen LogP contribution >= 0.6 is 11.6 Å². The summed E-state index contributed by atoms with van der Waals surface area (Å²) in [7, 11) is -4.09. The number of sulfonamides is 1. The highest BCUT2D eigenvalue weighted by Crippen LogP contribution is 2.32. The van der Waals surface area contributed by atoms with Gasteiger partial charge in [-0.05, 0) is 80.6 Å². The number of benzene rings is 2. The molecule has 1 atom stereocenters. The lowest BCUT2D eigenvalue weighted by molar-refractivity contribution is -0.132. The average molecular weight is 531 g/mol. The van der Waals surface area contributed by atoms with Crippen LogP contribution in [0.5, 0.6) is 5.75 Å². The Kier molecular flexibility index (Phi) is 7.92. The highest BCUT2D eigenvalue weighted by Gasteiger charge is 2.46. The Hall–Kier alpha value is -3.01. The van der Waals surface area contributed by atoms with E-state index >= 15 is 0 Å². The first-order chi connectivity index (χ1) is 17.2. The Labute approximate surface area is 215 Å². The molecule has 1 aliphatic heterocycles. The van der Waals surface area contributed by atoms with Crippen LogP contribution in [0.3, 0.4) is 0 Å². The van der Waals surface area contributed by atoms with Gasteiger partial charge in [0.25, 0.3) is 5.91 Å². The Morgan fingerprint density at radius 3 is 2.39 bits per heavy atom. The second-order valence-electron chi connectivity index (χ2n) is 8.80. The van der Waals surface area contributed by atoms with Crippen LogP contribution in [0, 0.1) is 0 Å². The highest BCUT2D eigenvalue weighted by atomic mass is 35.5. The smallest absolute Gasteiger partial charge is 0.308 e. The van der Waals surface area contributed by atoms with Crippen LogP contribution in [-0.2, 0) is 24.4 Å². The molecule has 0 aromatic heterocycles. The van der Waals surface area contributed by atoms with Gasteiger partial charge < -0.3 is 4.74 Å². The standard InChI is InChI=1S/C26H27ClN2O6S/c1-18(30)35-22-11-9-21(10-12-22)29-25(31)17-24(26(29)32)28(16-15-19-5-3-2-4-6-19)36(33,34)23-13-7-20(27)8-14-23/h5,7-14,24H,2-4,6,15-17H2,1H3. The van der Waals surface area contributed by atoms with E-state index in [2.05, 4.69) is 6.08 Å². The fourth-order valence-corrected chi connectivity index (χ4v) is 6.22. The van der Waals surface area contributed by atoms with E-state index in [1.54, 1.807) is 0 Å². The maximum Gasteiger partial charge on any atom is 0.308 e. The van der Waals surface area contributed by atoms with Crippen LogP contribution in [0.4, 0.5) is 5.69 Å². The van der Waals surface area contributed by atoms with Crippen molar-refractivity contribution in [2.45, 2.75) is 56.4 Å². The normalized spacial score (nSPS) is 18.5. The quantitative estimate of drug-likeness (QED) is 0.216. The van der Waals surface area contributed by atoms with Crippen molar-refractivity contribution >= 4 is 45.1 Å². The Bertz CT molecular complexity index is 1290. The molecule has 0 spiro atoms. The van der Waals surface area contributed by atoms with Gasteiger partial charge in [0.1, 0.15) is 11.8 Å². The summed E-state index contributed by atoms with van der Waals surface area (Å²) in [5.41, 5.74) is 1.44. The summed E-state index contributed by atoms with van der Waals surface area (Å²) in [5.74, 6) is -1.34. The molecule has 0 radical (unpaired) electrons. The number of ether oxygens (including phenoxy) is 1. The van der Waals surface area contributed by atoms with Crippen molar-refractivity contribution in [3.05, 3.63) is 65.2 Å². The lowest BCUT2D eigenvalue weighted by Gasteiger charge is -2.28. The number of carbonyl (C=O) groups is 3. The number of esters is 1. The molecule has 8 nitrogen and oxygen atoms in total. The number of hydrogen-bond acceptors (Lipinski definition) is 6. The number of hydrogen-bond donors (Lipinski definition) is 0. The van der Waals surface area contributed by atoms with Crippen molar-refractivity contribution in [3.8, 4) is 5.75 Å². The van der Waals surface area contributed by atoms with Crippen LogP contribution < -0.4 is 9.64 Å². The molecule has 0 bridgehead atoms. The molecule has 10 heteroatoms. The molecule has 0 saturated carbocycles. The van der Waals surface area contributed by atoms with Gasteiger partial charge in [0.2, 0.25) is 15.9 Å². The van der Waals surface area contributed by atoms with Crippen molar-refractivity contribution in [2.75, 3.05) is 11.4 Å². The van der Waals surface area contributed by atoms with E-state index in [1.807, 2.05) is 0 Å². The topological polar surface area (TPSA) is 101 Å². The van der Waals surface area contributed by atoms with Gasteiger partial charge in [-0.3, -0.25) is 14.4 Å². The molecule has 2 aromatic carbocycles. The van der Waals surface area contributed by atoms with E-state index in [0.717, 1.165) is 40.5 Å². The number of anilines is 1. The van der Waals surface area contributed by atoms with Crippen molar-refractivity contribution in [3.63, 3.8) is 0 Å². The molecule has 36 heavy (non-hydrogen) atoms. The van der Waals surface area contributed by atoms with Crippen molar-refractivity contribution in [1.82, 2.24) is 4.31 Å². The number of rotatable bonds is 8. The molecule has 1 saturated heterocycles. The van der Waals surface area contributed by atoms with E-state index in [1.165, 1.54) is 55.5 Å². The van der Waals surface area contributed by atoms with Crippen LogP contribution in [-0.4, -0.2) is 43.1 Å². The van der Waals surface area contributed by atoms with Gasteiger partial charge in [-0.25, -0.2) is 13.3 Å². The Balaban J connectivity index is 1.63. The summed E-state index contributed by atoms with van der Waals surface area (Å²) in [6.45, 7) is 1.35. The first kappa shape index (κ1) is 26.1. The van der Waals surface area contributed by atoms with Gasteiger partial charge in [0.15, 0.2) is 0 Å². The molecule has 1 heterocycles. The van der Waals surface area contributed by atoms with Crippen LogP contribution in [0.15, 0.2) is 65.1 Å². The fourth-order valence-electron chi connectivity index (χ4n) is 4.51. The number of nitrogens with zero attached hydrogens (tertiary/aromatic N) is 2. The largest absolute Gasteiger partial charge is 0.427 e. The summed E-state index contributed by atoms with van der Waals surface area (Å²) in [5, 5.41) is 0.392. The molecule has 1 unspecified atom stereocenters. The van der Waals surface area contributed by atoms with Crippen molar-refractivity contribution in [2.24, 2.45) is 0 Å². The van der Waals surface area contributed by atoms with Gasteiger partial charge in [-0.1, -0.05) is 23.3 Å². The van der Waals surface area contributed by atoms with E-state index in [0.29, 0.717) is 11.4 Å². The van der Waals surface area contributed by atoms with Crippen LogP contribution in [0.1, 0.15) is 45.4 Å². The third-order valence-electron chi connectivity index (χ3n) is 6.29. The van der Waals surface area contributed by atoms with Crippen molar-refractivity contribution < 1.29 is 27.5 Å². The second kappa shape index (κ2) is 10.9. The Morgan fingerprint density at radius 2 is 1.78 bits per heavy atom. The van der Waals surface area contributed by atoms with Crippen molar-refractivity contribution in [1.29, 1.82) is 0 Å². The molecule has 190 valence electrons. The minimum atomic E-state index is -4.09. The van der Waals surface area contributed by atoms with Crippen LogP contribution in [0.2, 0.25) is 5.02 Å². The van der Waals surface area contributed by atoms with Crippen LogP contribution in [0.25, 0.3) is 0 Å². The molecule has 1 aliphatic carbocycles. The molecule has 2 amide bonds. The number of halogens is 1. The fraction of sp³-hybridized carbons (Fsp3) is 0.346. The molecule has 1 fully saturated rings. The van der Waals surface area contributed by atoms with Gasteiger partial charge in [0, 0.05) is 18.5 Å². The zero-order valence-electron chi connectivity index (χ0n) is 19.9. The highest BCUT2D eigenvalue weighted by molar-refractivity contribution is 7.89. The summed E-state index contributed by atoms with van der Waals surface area (Å²) >= 11 is 5.95. The second-order valence-corrected chi connectivity index (χ2v) is 11.1. The molecule has 0 N–H and O–H groups in total. The average Bonchev–Trinajstić information content (AvgIpc) is 3.13. The van der Waals surface area contributed by atoms with E-state index in [9.17, 15) is 22.8 Å². The SMILES string of the molecule is CC(=O)Oc1ccc(N2C(=O)CC(N(CCC3=CCCCC3)S(=O)(=O)c3ccc(Cl)cc3)C2=O)cc1. The van der Waals surface area contributed by atoms with E-state index < -0.39 is 33.8 Å². The maximum absolute atomic E-state index is 13.7. The lowest BCUT2D eigenvalue weighted by atomic mass is 9.97. The van der Waals surface area contributed by atoms with Gasteiger partial charge >= 0.3 is 5.97 Å². The molecule has 4 rings (SSSR count). The minimum absolute atomic E-state index is 0.00829. The monoisotopic (exact) mass is 530 g/mol. The van der Waals surface area contributed by atoms with Gasteiger partial charge in [0.05, 0.1) is 17.0 Å². The number of amides is 2. The lowest BCUT2D eigenvalue weighted by Crippen LogP contribution is -2.46. The third kappa shape index (κ3) is 5.69. The summed E-state index contributed by atoms with van der Waals surface area (Å²) < 4.78 is 33.5. The Morgan fingerprint density at radius 1 is 1.08 bits per heavy atom. The zero-order chi connectivity index (χ0) is 25.9. The number of allylic oxidation sites excluding steroid dienone is 1. The first-order valence-corrected chi connectivity index (χ1v) is 13.6. The summed E-state index contributed by atoms with van der Waals surface area (Å²) in [6, 6.07) is 10.5. The first-order valence-electron chi connectivity index (χ1n) is 11.8.